The van der Waals surface area contributed by atoms with Crippen LogP contribution in [0.4, 0.5) is 0 Å². The fourth-order valence-electron chi connectivity index (χ4n) is 3.50. The molecule has 0 radical (unpaired) electrons. The standard InChI is InChI=1S/C20H17ClN4O2S/c21-15-4-2-1-3-13(15)18-14-9-12(7-8-17(26)27)28-20(14)25-16(10-22-18)23-24-19(25)11-5-6-11/h1-4,9,11H,5-8,10H2,(H,26,27). The zero-order valence-electron chi connectivity index (χ0n) is 14.9. The zero-order chi connectivity index (χ0) is 19.3. The number of thiophene rings is 1. The van der Waals surface area contributed by atoms with E-state index in [0.29, 0.717) is 23.9 Å². The third kappa shape index (κ3) is 3.04. The van der Waals surface area contributed by atoms with Gasteiger partial charge in [-0.15, -0.1) is 21.5 Å². The monoisotopic (exact) mass is 412 g/mol. The average Bonchev–Trinajstić information content (AvgIpc) is 3.34. The molecule has 0 unspecified atom stereocenters. The van der Waals surface area contributed by atoms with Crippen molar-refractivity contribution in [1.29, 1.82) is 0 Å². The van der Waals surface area contributed by atoms with E-state index in [0.717, 1.165) is 51.2 Å². The largest absolute Gasteiger partial charge is 0.481 e. The molecule has 0 saturated heterocycles. The summed E-state index contributed by atoms with van der Waals surface area (Å²) in [5.74, 6) is 1.45. The lowest BCUT2D eigenvalue weighted by molar-refractivity contribution is -0.136. The number of aryl methyl sites for hydroxylation is 1. The van der Waals surface area contributed by atoms with Crippen LogP contribution in [0.3, 0.4) is 0 Å². The first kappa shape index (κ1) is 17.6. The Balaban J connectivity index is 1.68. The minimum Gasteiger partial charge on any atom is -0.481 e. The van der Waals surface area contributed by atoms with Gasteiger partial charge in [-0.3, -0.25) is 14.4 Å². The Bertz CT molecular complexity index is 1110. The van der Waals surface area contributed by atoms with Crippen LogP contribution in [0.1, 0.15) is 52.8 Å². The molecule has 3 heterocycles. The Morgan fingerprint density at radius 2 is 2.07 bits per heavy atom. The molecule has 6 nitrogen and oxygen atoms in total. The van der Waals surface area contributed by atoms with Gasteiger partial charge in [0.2, 0.25) is 0 Å². The van der Waals surface area contributed by atoms with Crippen LogP contribution >= 0.6 is 22.9 Å². The van der Waals surface area contributed by atoms with Gasteiger partial charge < -0.3 is 5.11 Å². The van der Waals surface area contributed by atoms with Gasteiger partial charge in [-0.2, -0.15) is 0 Å². The number of aliphatic carboxylic acids is 1. The molecule has 1 N–H and O–H groups in total. The van der Waals surface area contributed by atoms with Crippen LogP contribution in [0.15, 0.2) is 35.3 Å². The topological polar surface area (TPSA) is 80.4 Å². The first-order valence-electron chi connectivity index (χ1n) is 9.20. The molecule has 142 valence electrons. The molecule has 1 aromatic carbocycles. The van der Waals surface area contributed by atoms with Crippen molar-refractivity contribution in [3.63, 3.8) is 0 Å². The van der Waals surface area contributed by atoms with Crippen molar-refractivity contribution in [2.45, 2.75) is 38.1 Å². The summed E-state index contributed by atoms with van der Waals surface area (Å²) in [6.07, 6.45) is 2.84. The molecule has 0 atom stereocenters. The highest BCUT2D eigenvalue weighted by Crippen LogP contribution is 2.43. The lowest BCUT2D eigenvalue weighted by Crippen LogP contribution is -2.06. The van der Waals surface area contributed by atoms with E-state index in [2.05, 4.69) is 20.8 Å². The first-order valence-corrected chi connectivity index (χ1v) is 10.4. The number of carbonyl (C=O) groups is 1. The molecule has 2 aliphatic rings. The van der Waals surface area contributed by atoms with Crippen LogP contribution in [0.2, 0.25) is 5.02 Å². The van der Waals surface area contributed by atoms with Crippen LogP contribution in [0, 0.1) is 0 Å². The van der Waals surface area contributed by atoms with Crippen molar-refractivity contribution in [2.24, 2.45) is 4.99 Å². The molecule has 0 bridgehead atoms. The smallest absolute Gasteiger partial charge is 0.303 e. The quantitative estimate of drug-likeness (QED) is 0.680. The van der Waals surface area contributed by atoms with Crippen molar-refractivity contribution in [2.75, 3.05) is 0 Å². The highest BCUT2D eigenvalue weighted by molar-refractivity contribution is 7.15. The van der Waals surface area contributed by atoms with E-state index in [1.165, 1.54) is 0 Å². The Morgan fingerprint density at radius 1 is 1.25 bits per heavy atom. The molecule has 1 aliphatic carbocycles. The number of benzene rings is 1. The van der Waals surface area contributed by atoms with Crippen molar-refractivity contribution >= 4 is 34.6 Å². The number of halogens is 1. The number of aromatic nitrogens is 3. The van der Waals surface area contributed by atoms with Crippen LogP contribution in [-0.2, 0) is 17.8 Å². The van der Waals surface area contributed by atoms with E-state index in [1.54, 1.807) is 11.3 Å². The Labute approximate surface area is 170 Å². The minimum atomic E-state index is -0.799. The van der Waals surface area contributed by atoms with Crippen molar-refractivity contribution < 1.29 is 9.90 Å². The predicted octanol–water partition coefficient (Wildman–Crippen LogP) is 4.23. The van der Waals surface area contributed by atoms with E-state index >= 15 is 0 Å². The van der Waals surface area contributed by atoms with Crippen molar-refractivity contribution in [1.82, 2.24) is 14.8 Å². The highest BCUT2D eigenvalue weighted by atomic mass is 35.5. The first-order chi connectivity index (χ1) is 13.6. The third-order valence-electron chi connectivity index (χ3n) is 5.01. The van der Waals surface area contributed by atoms with Crippen molar-refractivity contribution in [3.05, 3.63) is 63.0 Å². The number of carboxylic acid groups (broad SMARTS) is 1. The molecule has 1 aliphatic heterocycles. The maximum absolute atomic E-state index is 11.0. The third-order valence-corrected chi connectivity index (χ3v) is 6.52. The maximum atomic E-state index is 11.0. The molecule has 8 heteroatoms. The number of hydrogen-bond donors (Lipinski definition) is 1. The van der Waals surface area contributed by atoms with E-state index in [1.807, 2.05) is 24.3 Å². The molecular formula is C20H17ClN4O2S. The second-order valence-corrected chi connectivity index (χ2v) is 8.58. The van der Waals surface area contributed by atoms with Gasteiger partial charge in [0.1, 0.15) is 17.4 Å². The Kier molecular flexibility index (Phi) is 4.29. The molecule has 1 saturated carbocycles. The normalized spacial score (nSPS) is 15.5. The number of hydrogen-bond acceptors (Lipinski definition) is 5. The Hall–Kier alpha value is -2.51. The second kappa shape index (κ2) is 6.83. The fourth-order valence-corrected chi connectivity index (χ4v) is 4.91. The summed E-state index contributed by atoms with van der Waals surface area (Å²) in [5, 5.41) is 19.6. The molecule has 28 heavy (non-hydrogen) atoms. The van der Waals surface area contributed by atoms with Gasteiger partial charge in [0, 0.05) is 26.9 Å². The molecule has 5 rings (SSSR count). The highest BCUT2D eigenvalue weighted by Gasteiger charge is 2.34. The van der Waals surface area contributed by atoms with Gasteiger partial charge in [0.25, 0.3) is 0 Å². The second-order valence-electron chi connectivity index (χ2n) is 7.05. The van der Waals surface area contributed by atoms with Crippen LogP contribution < -0.4 is 0 Å². The molecule has 3 aromatic rings. The maximum Gasteiger partial charge on any atom is 0.303 e. The summed E-state index contributed by atoms with van der Waals surface area (Å²) in [6.45, 7) is 0.437. The van der Waals surface area contributed by atoms with Gasteiger partial charge in [0.15, 0.2) is 5.82 Å². The molecule has 0 spiro atoms. The van der Waals surface area contributed by atoms with E-state index in [4.69, 9.17) is 21.7 Å². The van der Waals surface area contributed by atoms with E-state index < -0.39 is 5.97 Å². The number of fused-ring (bicyclic) bond motifs is 3. The summed E-state index contributed by atoms with van der Waals surface area (Å²) in [5.41, 5.74) is 2.67. The summed E-state index contributed by atoms with van der Waals surface area (Å²) < 4.78 is 2.13. The number of carboxylic acids is 1. The summed E-state index contributed by atoms with van der Waals surface area (Å²) in [6, 6.07) is 9.72. The molecule has 1 fully saturated rings. The summed E-state index contributed by atoms with van der Waals surface area (Å²) in [7, 11) is 0. The van der Waals surface area contributed by atoms with Crippen LogP contribution in [0.25, 0.3) is 5.00 Å². The van der Waals surface area contributed by atoms with Crippen LogP contribution in [0.5, 0.6) is 0 Å². The van der Waals surface area contributed by atoms with Gasteiger partial charge >= 0.3 is 5.97 Å². The van der Waals surface area contributed by atoms with Crippen LogP contribution in [-0.4, -0.2) is 31.6 Å². The molecular weight excluding hydrogens is 396 g/mol. The Morgan fingerprint density at radius 3 is 2.82 bits per heavy atom. The van der Waals surface area contributed by atoms with E-state index in [-0.39, 0.29) is 6.42 Å². The predicted molar refractivity (Wildman–Crippen MR) is 108 cm³/mol. The summed E-state index contributed by atoms with van der Waals surface area (Å²) >= 11 is 8.07. The number of rotatable bonds is 5. The lowest BCUT2D eigenvalue weighted by atomic mass is 10.0. The molecule has 0 amide bonds. The van der Waals surface area contributed by atoms with E-state index in [9.17, 15) is 4.79 Å². The minimum absolute atomic E-state index is 0.0997. The molecule has 2 aromatic heterocycles. The summed E-state index contributed by atoms with van der Waals surface area (Å²) in [4.78, 5) is 16.9. The fraction of sp³-hybridized carbons (Fsp3) is 0.300. The number of aliphatic imine (C=N–C) groups is 1. The zero-order valence-corrected chi connectivity index (χ0v) is 16.5. The van der Waals surface area contributed by atoms with Gasteiger partial charge in [0.05, 0.1) is 12.1 Å². The van der Waals surface area contributed by atoms with Gasteiger partial charge in [-0.05, 0) is 31.4 Å². The van der Waals surface area contributed by atoms with Gasteiger partial charge in [-0.1, -0.05) is 29.8 Å². The number of nitrogens with zero attached hydrogens (tertiary/aromatic N) is 4. The average molecular weight is 413 g/mol. The van der Waals surface area contributed by atoms with Crippen molar-refractivity contribution in [3.8, 4) is 5.00 Å². The SMILES string of the molecule is O=C(O)CCc1cc2c(s1)-n1c(nnc1C1CC1)CN=C2c1ccccc1Cl. The lowest BCUT2D eigenvalue weighted by Gasteiger charge is -2.09. The van der Waals surface area contributed by atoms with Gasteiger partial charge in [-0.25, -0.2) is 0 Å².